The molecule has 0 fully saturated rings. The second-order valence-corrected chi connectivity index (χ2v) is 22.1. The van der Waals surface area contributed by atoms with Crippen LogP contribution in [0.2, 0.25) is 0 Å². The predicted octanol–water partition coefficient (Wildman–Crippen LogP) is 14.0. The van der Waals surface area contributed by atoms with Crippen molar-refractivity contribution in [3.8, 4) is 28.2 Å². The van der Waals surface area contributed by atoms with Crippen molar-refractivity contribution in [3.63, 3.8) is 0 Å². The summed E-state index contributed by atoms with van der Waals surface area (Å²) in [5.74, 6) is 0. The highest BCUT2D eigenvalue weighted by Gasteiger charge is 2.43. The first-order chi connectivity index (χ1) is 34.8. The lowest BCUT2D eigenvalue weighted by Gasteiger charge is -2.35. The van der Waals surface area contributed by atoms with Crippen LogP contribution in [0.4, 0.5) is 0 Å². The van der Waals surface area contributed by atoms with Crippen LogP contribution in [0, 0.1) is 0 Å². The molecule has 3 nitrogen and oxygen atoms in total. The van der Waals surface area contributed by atoms with E-state index in [-0.39, 0.29) is 0 Å². The molecular formula is C66H45N3Si. The molecule has 0 aliphatic rings. The van der Waals surface area contributed by atoms with Crippen LogP contribution >= 0.6 is 0 Å². The van der Waals surface area contributed by atoms with Crippen LogP contribution in [0.1, 0.15) is 0 Å². The number of para-hydroxylation sites is 5. The number of aromatic nitrogens is 3. The fourth-order valence-corrected chi connectivity index (χ4v) is 16.9. The van der Waals surface area contributed by atoms with Crippen molar-refractivity contribution in [3.05, 3.63) is 273 Å². The van der Waals surface area contributed by atoms with Crippen molar-refractivity contribution in [2.45, 2.75) is 0 Å². The monoisotopic (exact) mass is 907 g/mol. The molecule has 14 aromatic rings. The van der Waals surface area contributed by atoms with Gasteiger partial charge in [0, 0.05) is 43.6 Å². The Morgan fingerprint density at radius 3 is 1.36 bits per heavy atom. The molecule has 0 bridgehead atoms. The predicted molar refractivity (Wildman–Crippen MR) is 299 cm³/mol. The van der Waals surface area contributed by atoms with E-state index in [4.69, 9.17) is 0 Å². The summed E-state index contributed by atoms with van der Waals surface area (Å²) in [5, 5.41) is 12.7. The first kappa shape index (κ1) is 40.1. The van der Waals surface area contributed by atoms with Gasteiger partial charge in [0.1, 0.15) is 0 Å². The van der Waals surface area contributed by atoms with E-state index in [9.17, 15) is 0 Å². The molecule has 0 aliphatic heterocycles. The van der Waals surface area contributed by atoms with Gasteiger partial charge in [0.15, 0.2) is 8.07 Å². The Morgan fingerprint density at radius 2 is 0.729 bits per heavy atom. The second kappa shape index (κ2) is 16.1. The van der Waals surface area contributed by atoms with Gasteiger partial charge >= 0.3 is 0 Å². The third-order valence-corrected chi connectivity index (χ3v) is 19.6. The minimum absolute atomic E-state index is 1.14. The maximum absolute atomic E-state index is 3.08. The van der Waals surface area contributed by atoms with E-state index in [2.05, 4.69) is 287 Å². The fourth-order valence-electron chi connectivity index (χ4n) is 12.0. The lowest BCUT2D eigenvalue weighted by molar-refractivity contribution is 1.17. The largest absolute Gasteiger partial charge is 0.309 e. The molecule has 0 aliphatic carbocycles. The number of nitrogens with zero attached hydrogens (tertiary/aromatic N) is 3. The number of fused-ring (bicyclic) bond motifs is 9. The summed E-state index contributed by atoms with van der Waals surface area (Å²) in [6.07, 6.45) is 0. The van der Waals surface area contributed by atoms with Gasteiger partial charge in [-0.25, -0.2) is 0 Å². The molecule has 3 heterocycles. The molecular weight excluding hydrogens is 863 g/mol. The average Bonchev–Trinajstić information content (AvgIpc) is 4.08. The molecule has 3 aromatic heterocycles. The van der Waals surface area contributed by atoms with Gasteiger partial charge in [-0.1, -0.05) is 218 Å². The summed E-state index contributed by atoms with van der Waals surface area (Å²) < 4.78 is 7.57. The van der Waals surface area contributed by atoms with Gasteiger partial charge in [-0.15, -0.1) is 0 Å². The molecule has 0 amide bonds. The lowest BCUT2D eigenvalue weighted by Crippen LogP contribution is -2.75. The maximum atomic E-state index is 2.63. The summed E-state index contributed by atoms with van der Waals surface area (Å²) >= 11 is 0. The summed E-state index contributed by atoms with van der Waals surface area (Å²) in [6, 6.07) is 102. The summed E-state index contributed by atoms with van der Waals surface area (Å²) in [5.41, 5.74) is 12.9. The molecule has 0 atom stereocenters. The zero-order valence-electron chi connectivity index (χ0n) is 38.3. The molecule has 0 saturated heterocycles. The Hall–Kier alpha value is -8.96. The highest BCUT2D eigenvalue weighted by atomic mass is 28.3. The molecule has 4 heteroatoms. The van der Waals surface area contributed by atoms with Gasteiger partial charge in [0.2, 0.25) is 0 Å². The third-order valence-electron chi connectivity index (χ3n) is 14.8. The summed E-state index contributed by atoms with van der Waals surface area (Å²) in [7, 11) is -3.08. The molecule has 0 radical (unpaired) electrons. The van der Waals surface area contributed by atoms with Crippen LogP contribution in [0.5, 0.6) is 0 Å². The standard InChI is InChI=1S/C66H45N3Si/c1-5-23-46(24-6-1)51-31-13-17-36-57(51)68-60-39-20-16-34-55(60)65-62(68)40-22-41-63(65)69-61-44-43-47(67-58-37-18-14-32-52(58)53-33-15-19-38-59(53)67)45-56(61)54-35-21-42-64(66(54)69)70(48-25-7-2-8-26-48,49-27-9-3-10-28-49)50-29-11-4-12-30-50/h1-45H. The number of hydrogen-bond donors (Lipinski definition) is 0. The first-order valence-electron chi connectivity index (χ1n) is 24.2. The van der Waals surface area contributed by atoms with Crippen LogP contribution in [-0.2, 0) is 0 Å². The average molecular weight is 908 g/mol. The molecule has 328 valence electrons. The van der Waals surface area contributed by atoms with E-state index in [0.29, 0.717) is 0 Å². The molecule has 11 aromatic carbocycles. The fraction of sp³-hybridized carbons (Fsp3) is 0. The lowest BCUT2D eigenvalue weighted by atomic mass is 10.0. The smallest absolute Gasteiger partial charge is 0.181 e. The molecule has 0 unspecified atom stereocenters. The van der Waals surface area contributed by atoms with Gasteiger partial charge in [-0.2, -0.15) is 0 Å². The number of hydrogen-bond acceptors (Lipinski definition) is 0. The second-order valence-electron chi connectivity index (χ2n) is 18.4. The van der Waals surface area contributed by atoms with Crippen LogP contribution in [-0.4, -0.2) is 21.8 Å². The van der Waals surface area contributed by atoms with Crippen molar-refractivity contribution < 1.29 is 0 Å². The van der Waals surface area contributed by atoms with Crippen LogP contribution in [0.3, 0.4) is 0 Å². The third kappa shape index (κ3) is 5.87. The Morgan fingerprint density at radius 1 is 0.271 bits per heavy atom. The van der Waals surface area contributed by atoms with Crippen LogP contribution in [0.15, 0.2) is 273 Å². The quantitative estimate of drug-likeness (QED) is 0.107. The van der Waals surface area contributed by atoms with Crippen molar-refractivity contribution in [2.75, 3.05) is 0 Å². The van der Waals surface area contributed by atoms with E-state index >= 15 is 0 Å². The maximum Gasteiger partial charge on any atom is 0.181 e. The molecule has 0 saturated carbocycles. The van der Waals surface area contributed by atoms with Crippen molar-refractivity contribution in [1.82, 2.24) is 13.7 Å². The molecule has 70 heavy (non-hydrogen) atoms. The normalized spacial score (nSPS) is 12.0. The highest BCUT2D eigenvalue weighted by molar-refractivity contribution is 7.20. The van der Waals surface area contributed by atoms with Gasteiger partial charge in [-0.3, -0.25) is 0 Å². The van der Waals surface area contributed by atoms with Gasteiger partial charge in [0.05, 0.1) is 44.5 Å². The van der Waals surface area contributed by atoms with Gasteiger partial charge in [0.25, 0.3) is 0 Å². The molecule has 0 N–H and O–H groups in total. The first-order valence-corrected chi connectivity index (χ1v) is 26.2. The van der Waals surface area contributed by atoms with Gasteiger partial charge < -0.3 is 13.7 Å². The van der Waals surface area contributed by atoms with Crippen LogP contribution < -0.4 is 20.7 Å². The Bertz CT molecular complexity index is 4130. The van der Waals surface area contributed by atoms with E-state index in [1.807, 2.05) is 0 Å². The highest BCUT2D eigenvalue weighted by Crippen LogP contribution is 2.43. The topological polar surface area (TPSA) is 14.8 Å². The van der Waals surface area contributed by atoms with E-state index < -0.39 is 8.07 Å². The van der Waals surface area contributed by atoms with Crippen molar-refractivity contribution in [2.24, 2.45) is 0 Å². The van der Waals surface area contributed by atoms with E-state index in [1.54, 1.807) is 0 Å². The zero-order valence-corrected chi connectivity index (χ0v) is 39.3. The van der Waals surface area contributed by atoms with E-state index in [0.717, 1.165) is 28.1 Å². The zero-order chi connectivity index (χ0) is 46.2. The summed E-state index contributed by atoms with van der Waals surface area (Å²) in [4.78, 5) is 0. The van der Waals surface area contributed by atoms with Crippen LogP contribution in [0.25, 0.3) is 93.6 Å². The SMILES string of the molecule is c1ccc(-c2ccccc2-n2c3ccccc3c3c(-n4c5ccc(-n6c7ccccc7c7ccccc76)cc5c5cccc([Si](c6ccccc6)(c6ccccc6)c6ccccc6)c54)cccc32)cc1. The van der Waals surface area contributed by atoms with Gasteiger partial charge in [-0.05, 0) is 80.9 Å². The molecule has 0 spiro atoms. The molecule has 14 rings (SSSR count). The Labute approximate surface area is 407 Å². The number of benzene rings is 11. The number of rotatable bonds is 8. The minimum Gasteiger partial charge on any atom is -0.309 e. The minimum atomic E-state index is -3.08. The Balaban J connectivity index is 1.16. The van der Waals surface area contributed by atoms with Crippen molar-refractivity contribution >= 4 is 94.2 Å². The van der Waals surface area contributed by atoms with E-state index in [1.165, 1.54) is 86.3 Å². The van der Waals surface area contributed by atoms with Crippen molar-refractivity contribution in [1.29, 1.82) is 0 Å². The summed E-state index contributed by atoms with van der Waals surface area (Å²) in [6.45, 7) is 0. The Kier molecular flexibility index (Phi) is 9.23.